The lowest BCUT2D eigenvalue weighted by Crippen LogP contribution is -2.38. The van der Waals surface area contributed by atoms with Crippen LogP contribution in [0.4, 0.5) is 0 Å². The van der Waals surface area contributed by atoms with Crippen LogP contribution in [0.15, 0.2) is 18.2 Å². The fourth-order valence-electron chi connectivity index (χ4n) is 3.91. The molecule has 2 N–H and O–H groups in total. The highest BCUT2D eigenvalue weighted by Gasteiger charge is 2.37. The van der Waals surface area contributed by atoms with Gasteiger partial charge in [0.25, 0.3) is 0 Å². The number of aryl methyl sites for hydroxylation is 1. The van der Waals surface area contributed by atoms with E-state index >= 15 is 0 Å². The van der Waals surface area contributed by atoms with E-state index in [-0.39, 0.29) is 12.0 Å². The fourth-order valence-corrected chi connectivity index (χ4v) is 3.91. The zero-order valence-corrected chi connectivity index (χ0v) is 13.2. The number of hydrogen-bond donors (Lipinski definition) is 2. The maximum Gasteiger partial charge on any atom is 0.0536 e. The van der Waals surface area contributed by atoms with E-state index in [1.807, 2.05) is 0 Å². The van der Waals surface area contributed by atoms with Crippen LogP contribution in [0.3, 0.4) is 0 Å². The van der Waals surface area contributed by atoms with Gasteiger partial charge < -0.3 is 15.2 Å². The summed E-state index contributed by atoms with van der Waals surface area (Å²) < 4.78 is 5.59. The molecule has 0 unspecified atom stereocenters. The van der Waals surface area contributed by atoms with Gasteiger partial charge in [0.05, 0.1) is 6.61 Å². The lowest BCUT2D eigenvalue weighted by molar-refractivity contribution is 0.120. The first-order valence-corrected chi connectivity index (χ1v) is 8.15. The van der Waals surface area contributed by atoms with Crippen LogP contribution in [-0.4, -0.2) is 31.5 Å². The van der Waals surface area contributed by atoms with Crippen molar-refractivity contribution in [1.29, 1.82) is 0 Å². The number of aliphatic hydroxyl groups excluding tert-OH is 1. The van der Waals surface area contributed by atoms with Crippen molar-refractivity contribution in [2.75, 3.05) is 26.4 Å². The van der Waals surface area contributed by atoms with Crippen molar-refractivity contribution in [3.63, 3.8) is 0 Å². The molecule has 116 valence electrons. The maximum absolute atomic E-state index is 9.35. The Labute approximate surface area is 127 Å². The lowest BCUT2D eigenvalue weighted by atomic mass is 9.83. The highest BCUT2D eigenvalue weighted by atomic mass is 16.5. The molecule has 0 amide bonds. The minimum Gasteiger partial charge on any atom is -0.396 e. The van der Waals surface area contributed by atoms with Gasteiger partial charge in [0.15, 0.2) is 0 Å². The standard InChI is InChI=1S/C18H27NO2/c1-13-3-4-15-10-14(2)17(16(15)9-13)19-11-18(5-7-20)6-8-21-12-18/h3-4,9,14,17,19-20H,5-8,10-12H2,1-2H3/t14-,17-,18+/m1/s1. The quantitative estimate of drug-likeness (QED) is 0.875. The predicted molar refractivity (Wildman–Crippen MR) is 84.4 cm³/mol. The van der Waals surface area contributed by atoms with Crippen LogP contribution in [0.1, 0.15) is 42.5 Å². The molecule has 3 atom stereocenters. The van der Waals surface area contributed by atoms with Crippen molar-refractivity contribution < 1.29 is 9.84 Å². The van der Waals surface area contributed by atoms with E-state index in [9.17, 15) is 5.11 Å². The Hall–Kier alpha value is -0.900. The number of hydrogen-bond acceptors (Lipinski definition) is 3. The molecule has 1 aromatic rings. The molecule has 1 heterocycles. The average molecular weight is 289 g/mol. The van der Waals surface area contributed by atoms with E-state index in [2.05, 4.69) is 37.4 Å². The highest BCUT2D eigenvalue weighted by molar-refractivity contribution is 5.38. The van der Waals surface area contributed by atoms with E-state index in [0.29, 0.717) is 12.0 Å². The van der Waals surface area contributed by atoms with Gasteiger partial charge in [0.1, 0.15) is 0 Å². The van der Waals surface area contributed by atoms with Crippen molar-refractivity contribution in [3.8, 4) is 0 Å². The zero-order valence-electron chi connectivity index (χ0n) is 13.2. The Balaban J connectivity index is 1.72. The molecule has 1 saturated heterocycles. The molecule has 0 radical (unpaired) electrons. The number of aliphatic hydroxyl groups is 1. The van der Waals surface area contributed by atoms with Gasteiger partial charge in [-0.3, -0.25) is 0 Å². The molecule has 1 aromatic carbocycles. The summed E-state index contributed by atoms with van der Waals surface area (Å²) in [5, 5.41) is 13.1. The third-order valence-corrected chi connectivity index (χ3v) is 5.27. The SMILES string of the molecule is Cc1ccc2c(c1)[C@H](NC[C@]1(CCO)CCOC1)[C@H](C)C2. The van der Waals surface area contributed by atoms with Gasteiger partial charge in [0.2, 0.25) is 0 Å². The van der Waals surface area contributed by atoms with Gasteiger partial charge in [-0.15, -0.1) is 0 Å². The van der Waals surface area contributed by atoms with Crippen LogP contribution >= 0.6 is 0 Å². The molecule has 3 heteroatoms. The van der Waals surface area contributed by atoms with E-state index in [0.717, 1.165) is 39.0 Å². The van der Waals surface area contributed by atoms with Crippen molar-refractivity contribution in [1.82, 2.24) is 5.32 Å². The van der Waals surface area contributed by atoms with Crippen LogP contribution in [0, 0.1) is 18.3 Å². The summed E-state index contributed by atoms with van der Waals surface area (Å²) in [5.41, 5.74) is 4.43. The molecule has 0 bridgehead atoms. The second-order valence-corrected chi connectivity index (χ2v) is 7.02. The molecular formula is C18H27NO2. The molecule has 0 spiro atoms. The van der Waals surface area contributed by atoms with Gasteiger partial charge >= 0.3 is 0 Å². The zero-order chi connectivity index (χ0) is 14.9. The van der Waals surface area contributed by atoms with E-state index in [1.165, 1.54) is 16.7 Å². The Morgan fingerprint density at radius 3 is 3.00 bits per heavy atom. The van der Waals surface area contributed by atoms with Crippen molar-refractivity contribution in [2.24, 2.45) is 11.3 Å². The molecule has 1 aliphatic heterocycles. The van der Waals surface area contributed by atoms with Crippen LogP contribution in [0.2, 0.25) is 0 Å². The summed E-state index contributed by atoms with van der Waals surface area (Å²) in [6.45, 7) is 7.30. The number of benzene rings is 1. The molecule has 1 aliphatic carbocycles. The summed E-state index contributed by atoms with van der Waals surface area (Å²) in [5.74, 6) is 0.635. The Kier molecular flexibility index (Phi) is 4.34. The number of rotatable bonds is 5. The van der Waals surface area contributed by atoms with Gasteiger partial charge in [-0.1, -0.05) is 30.7 Å². The second kappa shape index (κ2) is 6.07. The van der Waals surface area contributed by atoms with E-state index in [4.69, 9.17) is 4.74 Å². The Morgan fingerprint density at radius 1 is 1.43 bits per heavy atom. The molecule has 0 saturated carbocycles. The molecular weight excluding hydrogens is 262 g/mol. The number of nitrogens with one attached hydrogen (secondary N) is 1. The van der Waals surface area contributed by atoms with Crippen molar-refractivity contribution in [3.05, 3.63) is 34.9 Å². The summed E-state index contributed by atoms with van der Waals surface area (Å²) in [4.78, 5) is 0. The second-order valence-electron chi connectivity index (χ2n) is 7.02. The van der Waals surface area contributed by atoms with Crippen LogP contribution in [0.25, 0.3) is 0 Å². The Morgan fingerprint density at radius 2 is 2.29 bits per heavy atom. The minimum absolute atomic E-state index is 0.126. The fraction of sp³-hybridized carbons (Fsp3) is 0.667. The normalized spacial score (nSPS) is 31.6. The van der Waals surface area contributed by atoms with Crippen LogP contribution in [0.5, 0.6) is 0 Å². The van der Waals surface area contributed by atoms with Crippen LogP contribution < -0.4 is 5.32 Å². The monoisotopic (exact) mass is 289 g/mol. The molecule has 3 rings (SSSR count). The first kappa shape index (κ1) is 15.0. The van der Waals surface area contributed by atoms with E-state index in [1.54, 1.807) is 0 Å². The Bertz CT molecular complexity index is 494. The molecule has 2 aliphatic rings. The van der Waals surface area contributed by atoms with Crippen molar-refractivity contribution >= 4 is 0 Å². The molecule has 0 aromatic heterocycles. The summed E-state index contributed by atoms with van der Waals surface area (Å²) in [7, 11) is 0. The van der Waals surface area contributed by atoms with Gasteiger partial charge in [-0.25, -0.2) is 0 Å². The third-order valence-electron chi connectivity index (χ3n) is 5.27. The molecule has 21 heavy (non-hydrogen) atoms. The van der Waals surface area contributed by atoms with Gasteiger partial charge in [0, 0.05) is 31.2 Å². The third kappa shape index (κ3) is 3.01. The summed E-state index contributed by atoms with van der Waals surface area (Å²) in [6.07, 6.45) is 3.06. The number of fused-ring (bicyclic) bond motifs is 1. The van der Waals surface area contributed by atoms with Gasteiger partial charge in [-0.2, -0.15) is 0 Å². The molecule has 1 fully saturated rings. The average Bonchev–Trinajstić information content (AvgIpc) is 3.02. The number of ether oxygens (including phenoxy) is 1. The lowest BCUT2D eigenvalue weighted by Gasteiger charge is -2.30. The topological polar surface area (TPSA) is 41.5 Å². The molecule has 3 nitrogen and oxygen atoms in total. The first-order valence-electron chi connectivity index (χ1n) is 8.15. The predicted octanol–water partition coefficient (Wildman–Crippen LogP) is 2.61. The van der Waals surface area contributed by atoms with Crippen LogP contribution in [-0.2, 0) is 11.2 Å². The summed E-state index contributed by atoms with van der Waals surface area (Å²) >= 11 is 0. The summed E-state index contributed by atoms with van der Waals surface area (Å²) in [6, 6.07) is 7.27. The van der Waals surface area contributed by atoms with E-state index < -0.39 is 0 Å². The van der Waals surface area contributed by atoms with Crippen molar-refractivity contribution in [2.45, 2.75) is 39.2 Å². The highest BCUT2D eigenvalue weighted by Crippen LogP contribution is 2.38. The van der Waals surface area contributed by atoms with Gasteiger partial charge in [-0.05, 0) is 43.2 Å². The minimum atomic E-state index is 0.126. The maximum atomic E-state index is 9.35. The first-order chi connectivity index (χ1) is 10.1. The largest absolute Gasteiger partial charge is 0.396 e. The smallest absolute Gasteiger partial charge is 0.0536 e.